The van der Waals surface area contributed by atoms with Gasteiger partial charge in [-0.2, -0.15) is 0 Å². The van der Waals surface area contributed by atoms with Crippen molar-refractivity contribution in [2.45, 2.75) is 19.8 Å². The fraction of sp³-hybridized carbons (Fsp3) is 0.400. The lowest BCUT2D eigenvalue weighted by molar-refractivity contribution is 0.0572. The van der Waals surface area contributed by atoms with Crippen molar-refractivity contribution >= 4 is 22.8 Å². The highest BCUT2D eigenvalue weighted by Crippen LogP contribution is 2.33. The van der Waals surface area contributed by atoms with Gasteiger partial charge in [-0.3, -0.25) is 4.79 Å². The van der Waals surface area contributed by atoms with Crippen molar-refractivity contribution in [2.24, 2.45) is 0 Å². The van der Waals surface area contributed by atoms with Crippen LogP contribution in [0.4, 0.5) is 4.79 Å². The van der Waals surface area contributed by atoms with Gasteiger partial charge in [-0.15, -0.1) is 0 Å². The standard InChI is InChI=1S/C20H22N2O3/c1-2-25-20(24)22-12-10-21(11-13-22)19(23)17-9-8-15-7-6-14-4-3-5-16(17)18(14)15/h3-5,8-9H,2,6-7,10-13H2,1H3. The summed E-state index contributed by atoms with van der Waals surface area (Å²) in [5.41, 5.74) is 3.45. The Hall–Kier alpha value is -2.56. The molecule has 130 valence electrons. The average Bonchev–Trinajstić information content (AvgIpc) is 3.07. The largest absolute Gasteiger partial charge is 0.450 e. The fourth-order valence-corrected chi connectivity index (χ4v) is 3.91. The van der Waals surface area contributed by atoms with Crippen LogP contribution in [0, 0.1) is 0 Å². The molecule has 4 rings (SSSR count). The normalized spacial score (nSPS) is 16.4. The van der Waals surface area contributed by atoms with Gasteiger partial charge >= 0.3 is 6.09 Å². The molecule has 2 aromatic rings. The maximum absolute atomic E-state index is 13.1. The first-order valence-corrected chi connectivity index (χ1v) is 8.93. The molecule has 5 nitrogen and oxygen atoms in total. The van der Waals surface area contributed by atoms with E-state index in [0.717, 1.165) is 23.8 Å². The van der Waals surface area contributed by atoms with E-state index in [1.807, 2.05) is 17.0 Å². The number of rotatable bonds is 2. The molecule has 0 N–H and O–H groups in total. The Morgan fingerprint density at radius 1 is 0.960 bits per heavy atom. The zero-order valence-corrected chi connectivity index (χ0v) is 14.5. The third-order valence-electron chi connectivity index (χ3n) is 5.20. The van der Waals surface area contributed by atoms with Crippen LogP contribution in [0.15, 0.2) is 30.3 Å². The maximum atomic E-state index is 13.1. The Morgan fingerprint density at radius 3 is 2.36 bits per heavy atom. The maximum Gasteiger partial charge on any atom is 0.409 e. The second-order valence-electron chi connectivity index (χ2n) is 6.59. The van der Waals surface area contributed by atoms with Gasteiger partial charge in [0.05, 0.1) is 6.61 Å². The highest BCUT2D eigenvalue weighted by Gasteiger charge is 2.27. The van der Waals surface area contributed by atoms with Crippen LogP contribution in [0.3, 0.4) is 0 Å². The predicted octanol–water partition coefficient (Wildman–Crippen LogP) is 2.85. The van der Waals surface area contributed by atoms with Crippen LogP contribution in [-0.4, -0.2) is 54.6 Å². The molecule has 0 bridgehead atoms. The molecule has 1 fully saturated rings. The summed E-state index contributed by atoms with van der Waals surface area (Å²) in [6.07, 6.45) is 1.82. The summed E-state index contributed by atoms with van der Waals surface area (Å²) in [4.78, 5) is 28.4. The Kier molecular flexibility index (Phi) is 4.07. The number of benzene rings is 2. The third kappa shape index (κ3) is 2.73. The van der Waals surface area contributed by atoms with Gasteiger partial charge in [0, 0.05) is 31.7 Å². The number of ether oxygens (including phenoxy) is 1. The van der Waals surface area contributed by atoms with E-state index < -0.39 is 0 Å². The second kappa shape index (κ2) is 6.39. The van der Waals surface area contributed by atoms with Crippen LogP contribution in [0.25, 0.3) is 10.8 Å². The number of piperazine rings is 1. The molecule has 0 atom stereocenters. The van der Waals surface area contributed by atoms with E-state index in [2.05, 4.69) is 18.2 Å². The van der Waals surface area contributed by atoms with Gasteiger partial charge in [0.2, 0.25) is 0 Å². The van der Waals surface area contributed by atoms with Crippen LogP contribution >= 0.6 is 0 Å². The average molecular weight is 338 g/mol. The van der Waals surface area contributed by atoms with Crippen molar-refractivity contribution in [2.75, 3.05) is 32.8 Å². The number of carbonyl (C=O) groups is 2. The van der Waals surface area contributed by atoms with Crippen LogP contribution in [-0.2, 0) is 17.6 Å². The SMILES string of the molecule is CCOC(=O)N1CCN(C(=O)c2ccc3c4c(cccc24)CC3)CC1. The van der Waals surface area contributed by atoms with Gasteiger partial charge in [0.15, 0.2) is 0 Å². The summed E-state index contributed by atoms with van der Waals surface area (Å²) in [6, 6.07) is 10.3. The number of amides is 2. The lowest BCUT2D eigenvalue weighted by Crippen LogP contribution is -2.50. The van der Waals surface area contributed by atoms with Gasteiger partial charge in [-0.25, -0.2) is 4.79 Å². The minimum atomic E-state index is -0.292. The highest BCUT2D eigenvalue weighted by molar-refractivity contribution is 6.09. The van der Waals surface area contributed by atoms with Crippen LogP contribution in [0.1, 0.15) is 28.4 Å². The third-order valence-corrected chi connectivity index (χ3v) is 5.20. The summed E-state index contributed by atoms with van der Waals surface area (Å²) in [7, 11) is 0. The second-order valence-corrected chi connectivity index (χ2v) is 6.59. The predicted molar refractivity (Wildman–Crippen MR) is 95.9 cm³/mol. The number of aryl methyl sites for hydroxylation is 2. The first-order chi connectivity index (χ1) is 12.2. The van der Waals surface area contributed by atoms with Crippen molar-refractivity contribution < 1.29 is 14.3 Å². The molecule has 2 aliphatic rings. The number of hydrogen-bond donors (Lipinski definition) is 0. The lowest BCUT2D eigenvalue weighted by atomic mass is 9.99. The van der Waals surface area contributed by atoms with E-state index in [-0.39, 0.29) is 12.0 Å². The number of carbonyl (C=O) groups excluding carboxylic acids is 2. The van der Waals surface area contributed by atoms with Gasteiger partial charge in [0.25, 0.3) is 5.91 Å². The molecule has 2 aromatic carbocycles. The van der Waals surface area contributed by atoms with Crippen molar-refractivity contribution in [3.05, 3.63) is 47.0 Å². The zero-order valence-electron chi connectivity index (χ0n) is 14.5. The summed E-state index contributed by atoms with van der Waals surface area (Å²) in [5.74, 6) is 0.0547. The summed E-state index contributed by atoms with van der Waals surface area (Å²) < 4.78 is 5.04. The summed E-state index contributed by atoms with van der Waals surface area (Å²) >= 11 is 0. The molecule has 0 aromatic heterocycles. The lowest BCUT2D eigenvalue weighted by Gasteiger charge is -2.34. The zero-order chi connectivity index (χ0) is 17.4. The molecule has 1 heterocycles. The molecule has 0 spiro atoms. The van der Waals surface area contributed by atoms with E-state index in [9.17, 15) is 9.59 Å². The number of hydrogen-bond acceptors (Lipinski definition) is 3. The Morgan fingerprint density at radius 2 is 1.64 bits per heavy atom. The molecule has 25 heavy (non-hydrogen) atoms. The summed E-state index contributed by atoms with van der Waals surface area (Å²) in [5, 5.41) is 2.32. The fourth-order valence-electron chi connectivity index (χ4n) is 3.91. The minimum absolute atomic E-state index is 0.0547. The molecule has 5 heteroatoms. The molecule has 0 saturated carbocycles. The molecular weight excluding hydrogens is 316 g/mol. The van der Waals surface area contributed by atoms with E-state index in [1.54, 1.807) is 11.8 Å². The molecule has 1 saturated heterocycles. The smallest absolute Gasteiger partial charge is 0.409 e. The number of nitrogens with zero attached hydrogens (tertiary/aromatic N) is 2. The molecule has 1 aliphatic heterocycles. The van der Waals surface area contributed by atoms with Crippen molar-refractivity contribution in [1.29, 1.82) is 0 Å². The molecular formula is C20H22N2O3. The van der Waals surface area contributed by atoms with Crippen molar-refractivity contribution in [1.82, 2.24) is 9.80 Å². The van der Waals surface area contributed by atoms with Crippen LogP contribution < -0.4 is 0 Å². The highest BCUT2D eigenvalue weighted by atomic mass is 16.6. The molecule has 0 radical (unpaired) electrons. The van der Waals surface area contributed by atoms with Gasteiger partial charge in [-0.05, 0) is 47.7 Å². The quantitative estimate of drug-likeness (QED) is 0.846. The van der Waals surface area contributed by atoms with E-state index in [4.69, 9.17) is 4.74 Å². The topological polar surface area (TPSA) is 49.9 Å². The summed E-state index contributed by atoms with van der Waals surface area (Å²) in [6.45, 7) is 4.30. The van der Waals surface area contributed by atoms with Crippen LogP contribution in [0.5, 0.6) is 0 Å². The molecule has 1 aliphatic carbocycles. The van der Waals surface area contributed by atoms with E-state index in [1.165, 1.54) is 16.5 Å². The van der Waals surface area contributed by atoms with Crippen LogP contribution in [0.2, 0.25) is 0 Å². The monoisotopic (exact) mass is 338 g/mol. The van der Waals surface area contributed by atoms with Crippen molar-refractivity contribution in [3.8, 4) is 0 Å². The molecule has 0 unspecified atom stereocenters. The minimum Gasteiger partial charge on any atom is -0.450 e. The first-order valence-electron chi connectivity index (χ1n) is 8.93. The van der Waals surface area contributed by atoms with E-state index in [0.29, 0.717) is 32.8 Å². The Bertz CT molecular complexity index is 828. The van der Waals surface area contributed by atoms with Gasteiger partial charge in [0.1, 0.15) is 0 Å². The Balaban J connectivity index is 1.55. The van der Waals surface area contributed by atoms with E-state index >= 15 is 0 Å². The van der Waals surface area contributed by atoms with Crippen molar-refractivity contribution in [3.63, 3.8) is 0 Å². The Labute approximate surface area is 147 Å². The van der Waals surface area contributed by atoms with Gasteiger partial charge < -0.3 is 14.5 Å². The molecule has 2 amide bonds. The first kappa shape index (κ1) is 15.9. The van der Waals surface area contributed by atoms with Gasteiger partial charge in [-0.1, -0.05) is 24.3 Å².